The summed E-state index contributed by atoms with van der Waals surface area (Å²) in [6.45, 7) is 3.06. The highest BCUT2D eigenvalue weighted by Gasteiger charge is 2.30. The van der Waals surface area contributed by atoms with Crippen LogP contribution in [-0.4, -0.2) is 43.8 Å². The van der Waals surface area contributed by atoms with Crippen LogP contribution >= 0.6 is 0 Å². The van der Waals surface area contributed by atoms with Crippen LogP contribution in [0.1, 0.15) is 32.6 Å². The standard InChI is InChI=1S/C11H23FN2/c1-4-7-13-11-6-5-9(14(2)3)8-10(11)12/h9-11,13H,4-8H2,1-3H3. The van der Waals surface area contributed by atoms with E-state index in [0.29, 0.717) is 12.5 Å². The van der Waals surface area contributed by atoms with Gasteiger partial charge in [0, 0.05) is 12.1 Å². The van der Waals surface area contributed by atoms with Crippen LogP contribution in [0.25, 0.3) is 0 Å². The van der Waals surface area contributed by atoms with Gasteiger partial charge in [0.05, 0.1) is 0 Å². The zero-order chi connectivity index (χ0) is 10.6. The Labute approximate surface area is 86.9 Å². The summed E-state index contributed by atoms with van der Waals surface area (Å²) in [5, 5.41) is 3.29. The van der Waals surface area contributed by atoms with Crippen molar-refractivity contribution < 1.29 is 4.39 Å². The summed E-state index contributed by atoms with van der Waals surface area (Å²) in [7, 11) is 4.08. The number of rotatable bonds is 4. The minimum atomic E-state index is -0.664. The van der Waals surface area contributed by atoms with Gasteiger partial charge in [0.2, 0.25) is 0 Å². The molecule has 0 aromatic rings. The first-order valence-corrected chi connectivity index (χ1v) is 5.69. The lowest BCUT2D eigenvalue weighted by Crippen LogP contribution is -2.46. The number of alkyl halides is 1. The van der Waals surface area contributed by atoms with Crippen LogP contribution in [-0.2, 0) is 0 Å². The van der Waals surface area contributed by atoms with E-state index in [4.69, 9.17) is 0 Å². The Morgan fingerprint density at radius 2 is 2.07 bits per heavy atom. The normalized spacial score (nSPS) is 33.6. The molecule has 1 rings (SSSR count). The molecule has 1 aliphatic rings. The van der Waals surface area contributed by atoms with Gasteiger partial charge in [0.15, 0.2) is 0 Å². The summed E-state index contributed by atoms with van der Waals surface area (Å²) in [6.07, 6.45) is 3.20. The van der Waals surface area contributed by atoms with Gasteiger partial charge in [-0.1, -0.05) is 6.92 Å². The van der Waals surface area contributed by atoms with Crippen LogP contribution < -0.4 is 5.32 Å². The predicted molar refractivity (Wildman–Crippen MR) is 58.3 cm³/mol. The Kier molecular flexibility index (Phi) is 4.82. The Hall–Kier alpha value is -0.150. The topological polar surface area (TPSA) is 15.3 Å². The fraction of sp³-hybridized carbons (Fsp3) is 1.00. The third kappa shape index (κ3) is 3.21. The molecule has 0 saturated heterocycles. The third-order valence-corrected chi connectivity index (χ3v) is 3.13. The summed E-state index contributed by atoms with van der Waals surface area (Å²) in [5.74, 6) is 0. The van der Waals surface area contributed by atoms with Crippen molar-refractivity contribution >= 4 is 0 Å². The minimum absolute atomic E-state index is 0.103. The summed E-state index contributed by atoms with van der Waals surface area (Å²) in [4.78, 5) is 2.14. The molecule has 84 valence electrons. The summed E-state index contributed by atoms with van der Waals surface area (Å²) in [5.41, 5.74) is 0. The van der Waals surface area contributed by atoms with E-state index in [1.54, 1.807) is 0 Å². The lowest BCUT2D eigenvalue weighted by atomic mass is 9.89. The average molecular weight is 202 g/mol. The smallest absolute Gasteiger partial charge is 0.117 e. The fourth-order valence-corrected chi connectivity index (χ4v) is 2.12. The SMILES string of the molecule is CCCNC1CCC(N(C)C)CC1F. The molecule has 3 atom stereocenters. The van der Waals surface area contributed by atoms with E-state index in [1.807, 2.05) is 14.1 Å². The first-order chi connectivity index (χ1) is 6.65. The van der Waals surface area contributed by atoms with Crippen LogP contribution in [0.5, 0.6) is 0 Å². The van der Waals surface area contributed by atoms with Gasteiger partial charge in [0.25, 0.3) is 0 Å². The van der Waals surface area contributed by atoms with Crippen molar-refractivity contribution in [2.75, 3.05) is 20.6 Å². The second-order valence-electron chi connectivity index (χ2n) is 4.51. The van der Waals surface area contributed by atoms with Gasteiger partial charge in [-0.05, 0) is 46.3 Å². The Morgan fingerprint density at radius 3 is 2.57 bits per heavy atom. The molecule has 3 heteroatoms. The zero-order valence-corrected chi connectivity index (χ0v) is 9.59. The Balaban J connectivity index is 2.32. The van der Waals surface area contributed by atoms with Gasteiger partial charge in [-0.2, -0.15) is 0 Å². The summed E-state index contributed by atoms with van der Waals surface area (Å²) in [6, 6.07) is 0.538. The van der Waals surface area contributed by atoms with Crippen LogP contribution in [0.3, 0.4) is 0 Å². The van der Waals surface area contributed by atoms with E-state index in [2.05, 4.69) is 17.1 Å². The van der Waals surface area contributed by atoms with E-state index in [0.717, 1.165) is 25.8 Å². The van der Waals surface area contributed by atoms with Crippen molar-refractivity contribution in [3.8, 4) is 0 Å². The first-order valence-electron chi connectivity index (χ1n) is 5.69. The number of nitrogens with zero attached hydrogens (tertiary/aromatic N) is 1. The van der Waals surface area contributed by atoms with Crippen molar-refractivity contribution in [2.45, 2.75) is 50.9 Å². The molecule has 0 aromatic heterocycles. The molecular weight excluding hydrogens is 179 g/mol. The molecule has 0 aliphatic heterocycles. The maximum absolute atomic E-state index is 13.7. The molecule has 2 nitrogen and oxygen atoms in total. The molecule has 1 N–H and O–H groups in total. The van der Waals surface area contributed by atoms with Crippen molar-refractivity contribution in [3.05, 3.63) is 0 Å². The molecule has 0 aromatic carbocycles. The second-order valence-corrected chi connectivity index (χ2v) is 4.51. The Morgan fingerprint density at radius 1 is 1.36 bits per heavy atom. The lowest BCUT2D eigenvalue weighted by molar-refractivity contribution is 0.117. The molecule has 0 radical (unpaired) electrons. The lowest BCUT2D eigenvalue weighted by Gasteiger charge is -2.35. The Bertz CT molecular complexity index is 161. The zero-order valence-electron chi connectivity index (χ0n) is 9.59. The molecule has 0 bridgehead atoms. The van der Waals surface area contributed by atoms with Gasteiger partial charge in [0.1, 0.15) is 6.17 Å². The van der Waals surface area contributed by atoms with Gasteiger partial charge in [-0.3, -0.25) is 0 Å². The number of hydrogen-bond acceptors (Lipinski definition) is 2. The van der Waals surface area contributed by atoms with E-state index < -0.39 is 6.17 Å². The molecule has 1 aliphatic carbocycles. The van der Waals surface area contributed by atoms with Gasteiger partial charge >= 0.3 is 0 Å². The minimum Gasteiger partial charge on any atom is -0.311 e. The third-order valence-electron chi connectivity index (χ3n) is 3.13. The highest BCUT2D eigenvalue weighted by molar-refractivity contribution is 4.87. The molecule has 1 saturated carbocycles. The maximum atomic E-state index is 13.7. The second kappa shape index (κ2) is 5.66. The molecule has 0 amide bonds. The van der Waals surface area contributed by atoms with Crippen molar-refractivity contribution in [3.63, 3.8) is 0 Å². The van der Waals surface area contributed by atoms with E-state index in [-0.39, 0.29) is 6.04 Å². The summed E-state index contributed by atoms with van der Waals surface area (Å²) >= 11 is 0. The maximum Gasteiger partial charge on any atom is 0.117 e. The predicted octanol–water partition coefficient (Wildman–Crippen LogP) is 1.81. The van der Waals surface area contributed by atoms with Gasteiger partial charge in [-0.15, -0.1) is 0 Å². The van der Waals surface area contributed by atoms with Crippen LogP contribution in [0, 0.1) is 0 Å². The first kappa shape index (κ1) is 11.9. The molecule has 14 heavy (non-hydrogen) atoms. The molecule has 0 heterocycles. The van der Waals surface area contributed by atoms with Crippen LogP contribution in [0.15, 0.2) is 0 Å². The largest absolute Gasteiger partial charge is 0.311 e. The number of halogens is 1. The highest BCUT2D eigenvalue weighted by Crippen LogP contribution is 2.24. The molecule has 3 unspecified atom stereocenters. The summed E-state index contributed by atoms with van der Waals surface area (Å²) < 4.78 is 13.7. The monoisotopic (exact) mass is 202 g/mol. The quantitative estimate of drug-likeness (QED) is 0.748. The van der Waals surface area contributed by atoms with Gasteiger partial charge in [-0.25, -0.2) is 4.39 Å². The average Bonchev–Trinajstić information content (AvgIpc) is 2.15. The fourth-order valence-electron chi connectivity index (χ4n) is 2.12. The van der Waals surface area contributed by atoms with Crippen molar-refractivity contribution in [1.29, 1.82) is 0 Å². The van der Waals surface area contributed by atoms with E-state index >= 15 is 0 Å². The van der Waals surface area contributed by atoms with Crippen LogP contribution in [0.2, 0.25) is 0 Å². The molecular formula is C11H23FN2. The highest BCUT2D eigenvalue weighted by atomic mass is 19.1. The molecule has 0 spiro atoms. The van der Waals surface area contributed by atoms with Crippen molar-refractivity contribution in [2.24, 2.45) is 0 Å². The van der Waals surface area contributed by atoms with Gasteiger partial charge < -0.3 is 10.2 Å². The number of nitrogens with one attached hydrogen (secondary N) is 1. The van der Waals surface area contributed by atoms with E-state index in [9.17, 15) is 4.39 Å². The van der Waals surface area contributed by atoms with Crippen LogP contribution in [0.4, 0.5) is 4.39 Å². The number of hydrogen-bond donors (Lipinski definition) is 1. The van der Waals surface area contributed by atoms with E-state index in [1.165, 1.54) is 0 Å². The van der Waals surface area contributed by atoms with Crippen molar-refractivity contribution in [1.82, 2.24) is 10.2 Å². The molecule has 1 fully saturated rings.